The van der Waals surface area contributed by atoms with Gasteiger partial charge in [0.15, 0.2) is 0 Å². The molecule has 1 aliphatic heterocycles. The quantitative estimate of drug-likeness (QED) is 0.465. The molecule has 0 saturated heterocycles. The summed E-state index contributed by atoms with van der Waals surface area (Å²) in [5, 5.41) is 22.5. The van der Waals surface area contributed by atoms with Gasteiger partial charge in [-0.1, -0.05) is 18.2 Å². The summed E-state index contributed by atoms with van der Waals surface area (Å²) < 4.78 is 0. The summed E-state index contributed by atoms with van der Waals surface area (Å²) >= 11 is 0. The lowest BCUT2D eigenvalue weighted by Gasteiger charge is -2.14. The van der Waals surface area contributed by atoms with Crippen LogP contribution in [0.25, 0.3) is 0 Å². The Morgan fingerprint density at radius 2 is 2.26 bits per heavy atom. The number of nitro groups is 1. The van der Waals surface area contributed by atoms with Gasteiger partial charge in [-0.05, 0) is 18.4 Å². The highest BCUT2D eigenvalue weighted by molar-refractivity contribution is 5.98. The first-order valence-corrected chi connectivity index (χ1v) is 6.11. The van der Waals surface area contributed by atoms with Gasteiger partial charge < -0.3 is 4.84 Å². The summed E-state index contributed by atoms with van der Waals surface area (Å²) in [6.45, 7) is 0. The van der Waals surface area contributed by atoms with Crippen LogP contribution in [0.2, 0.25) is 0 Å². The Kier molecular flexibility index (Phi) is 2.70. The van der Waals surface area contributed by atoms with E-state index in [1.54, 1.807) is 12.1 Å². The second-order valence-electron chi connectivity index (χ2n) is 4.59. The molecule has 0 saturated carbocycles. The van der Waals surface area contributed by atoms with Crippen LogP contribution in [-0.2, 0) is 4.84 Å². The Hall–Kier alpha value is -2.37. The van der Waals surface area contributed by atoms with Crippen molar-refractivity contribution < 1.29 is 14.7 Å². The van der Waals surface area contributed by atoms with Crippen molar-refractivity contribution in [1.82, 2.24) is 0 Å². The largest absolute Gasteiger partial charge is 0.390 e. The van der Waals surface area contributed by atoms with Gasteiger partial charge >= 0.3 is 0 Å². The molecule has 0 aromatic heterocycles. The summed E-state index contributed by atoms with van der Waals surface area (Å²) in [5.41, 5.74) is 2.13. The van der Waals surface area contributed by atoms with Gasteiger partial charge in [-0.2, -0.15) is 0 Å². The van der Waals surface area contributed by atoms with Gasteiger partial charge in [0, 0.05) is 29.0 Å². The molecule has 1 unspecified atom stereocenters. The Balaban J connectivity index is 1.98. The number of rotatable bonds is 2. The predicted octanol–water partition coefficient (Wildman–Crippen LogP) is 2.64. The molecule has 6 nitrogen and oxygen atoms in total. The minimum absolute atomic E-state index is 0.00316. The molecule has 0 fully saturated rings. The molecule has 98 valence electrons. The molecule has 1 aromatic rings. The Morgan fingerprint density at radius 1 is 1.42 bits per heavy atom. The van der Waals surface area contributed by atoms with Crippen molar-refractivity contribution in [2.24, 2.45) is 0 Å². The Morgan fingerprint density at radius 3 is 3.05 bits per heavy atom. The highest BCUT2D eigenvalue weighted by Gasteiger charge is 2.36. The maximum absolute atomic E-state index is 11.7. The number of hydrogen-bond donors (Lipinski definition) is 0. The first-order valence-electron chi connectivity index (χ1n) is 6.11. The highest BCUT2D eigenvalue weighted by Crippen LogP contribution is 2.36. The van der Waals surface area contributed by atoms with E-state index in [1.165, 1.54) is 12.1 Å². The third kappa shape index (κ3) is 1.95. The van der Waals surface area contributed by atoms with E-state index in [0.29, 0.717) is 22.6 Å². The standard InChI is InChI=1S/C13H12N2O4/c16-14(17)10-5-3-4-9(8-10)13-11-6-1-2-7-12(11)15(18)19-13/h3-6,8,13H,1-2,7H2. The predicted molar refractivity (Wildman–Crippen MR) is 67.5 cm³/mol. The molecule has 1 heterocycles. The van der Waals surface area contributed by atoms with Crippen LogP contribution in [0.4, 0.5) is 5.69 Å². The normalized spacial score (nSPS) is 21.7. The fourth-order valence-electron chi connectivity index (χ4n) is 2.50. The summed E-state index contributed by atoms with van der Waals surface area (Å²) in [7, 11) is 0. The van der Waals surface area contributed by atoms with Crippen molar-refractivity contribution in [1.29, 1.82) is 0 Å². The van der Waals surface area contributed by atoms with Gasteiger partial charge in [0.25, 0.3) is 5.69 Å². The first kappa shape index (κ1) is 11.7. The van der Waals surface area contributed by atoms with Crippen LogP contribution >= 0.6 is 0 Å². The van der Waals surface area contributed by atoms with E-state index < -0.39 is 11.0 Å². The maximum Gasteiger partial charge on any atom is 0.269 e. The molecule has 0 spiro atoms. The van der Waals surface area contributed by atoms with Gasteiger partial charge in [0.05, 0.1) is 4.92 Å². The van der Waals surface area contributed by atoms with E-state index in [1.807, 2.05) is 6.08 Å². The lowest BCUT2D eigenvalue weighted by molar-refractivity contribution is -0.743. The van der Waals surface area contributed by atoms with E-state index in [4.69, 9.17) is 4.84 Å². The average molecular weight is 260 g/mol. The van der Waals surface area contributed by atoms with Gasteiger partial charge in [-0.25, -0.2) is 0 Å². The molecule has 1 aliphatic carbocycles. The molecule has 0 radical (unpaired) electrons. The van der Waals surface area contributed by atoms with Crippen LogP contribution in [0.15, 0.2) is 35.9 Å². The van der Waals surface area contributed by atoms with E-state index in [9.17, 15) is 15.3 Å². The van der Waals surface area contributed by atoms with Crippen molar-refractivity contribution >= 4 is 11.4 Å². The molecule has 0 amide bonds. The van der Waals surface area contributed by atoms with Crippen molar-refractivity contribution in [2.45, 2.75) is 25.4 Å². The SMILES string of the molecule is O=[N+]([O-])c1cccc(C2O[N+]([O-])=C3CCCC=C32)c1. The van der Waals surface area contributed by atoms with Gasteiger partial charge in [-0.3, -0.25) is 15.3 Å². The lowest BCUT2D eigenvalue weighted by atomic mass is 9.90. The highest BCUT2D eigenvalue weighted by atomic mass is 16.9. The summed E-state index contributed by atoms with van der Waals surface area (Å²) in [5.74, 6) is 0. The van der Waals surface area contributed by atoms with Crippen LogP contribution in [0.5, 0.6) is 0 Å². The van der Waals surface area contributed by atoms with Crippen LogP contribution < -0.4 is 0 Å². The fraction of sp³-hybridized carbons (Fsp3) is 0.308. The van der Waals surface area contributed by atoms with E-state index in [0.717, 1.165) is 18.4 Å². The number of non-ortho nitro benzene ring substituents is 1. The Labute approximate surface area is 109 Å². The lowest BCUT2D eigenvalue weighted by Crippen LogP contribution is -2.11. The number of nitrogens with zero attached hydrogens (tertiary/aromatic N) is 2. The van der Waals surface area contributed by atoms with E-state index in [-0.39, 0.29) is 5.69 Å². The third-order valence-electron chi connectivity index (χ3n) is 3.40. The number of allylic oxidation sites excluding steroid dienone is 1. The van der Waals surface area contributed by atoms with Crippen molar-refractivity contribution in [3.63, 3.8) is 0 Å². The summed E-state index contributed by atoms with van der Waals surface area (Å²) in [4.78, 5) is 16.2. The number of nitro benzene ring substituents is 1. The molecule has 2 aliphatic rings. The van der Waals surface area contributed by atoms with Gasteiger partial charge in [0.1, 0.15) is 6.10 Å². The molecular weight excluding hydrogens is 248 g/mol. The molecule has 6 heteroatoms. The van der Waals surface area contributed by atoms with Gasteiger partial charge in [0.2, 0.25) is 5.71 Å². The smallest absolute Gasteiger partial charge is 0.269 e. The number of benzene rings is 1. The molecule has 1 aromatic carbocycles. The zero-order valence-corrected chi connectivity index (χ0v) is 10.1. The minimum atomic E-state index is -0.521. The molecular formula is C13H12N2O4. The third-order valence-corrected chi connectivity index (χ3v) is 3.40. The molecule has 19 heavy (non-hydrogen) atoms. The van der Waals surface area contributed by atoms with Crippen LogP contribution in [0, 0.1) is 15.3 Å². The second kappa shape index (κ2) is 4.38. The van der Waals surface area contributed by atoms with Crippen LogP contribution in [0.1, 0.15) is 30.9 Å². The fourth-order valence-corrected chi connectivity index (χ4v) is 2.50. The average Bonchev–Trinajstić information content (AvgIpc) is 2.77. The molecule has 3 rings (SSSR count). The Bertz CT molecular complexity index is 606. The van der Waals surface area contributed by atoms with E-state index in [2.05, 4.69) is 0 Å². The monoisotopic (exact) mass is 260 g/mol. The van der Waals surface area contributed by atoms with Crippen LogP contribution in [0.3, 0.4) is 0 Å². The van der Waals surface area contributed by atoms with Crippen molar-refractivity contribution in [2.75, 3.05) is 0 Å². The van der Waals surface area contributed by atoms with Crippen molar-refractivity contribution in [3.05, 3.63) is 56.8 Å². The second-order valence-corrected chi connectivity index (χ2v) is 4.59. The maximum atomic E-state index is 11.7. The number of hydrogen-bond acceptors (Lipinski definition) is 4. The van der Waals surface area contributed by atoms with E-state index >= 15 is 0 Å². The van der Waals surface area contributed by atoms with Crippen LogP contribution in [-0.4, -0.2) is 15.5 Å². The summed E-state index contributed by atoms with van der Waals surface area (Å²) in [6.07, 6.45) is 4.00. The minimum Gasteiger partial charge on any atom is -0.390 e. The molecule has 0 N–H and O–H groups in total. The molecule has 0 bridgehead atoms. The molecule has 1 atom stereocenters. The zero-order chi connectivity index (χ0) is 13.4. The van der Waals surface area contributed by atoms with Crippen molar-refractivity contribution in [3.8, 4) is 0 Å². The number of fused-ring (bicyclic) bond motifs is 1. The zero-order valence-electron chi connectivity index (χ0n) is 10.1. The summed E-state index contributed by atoms with van der Waals surface area (Å²) in [6, 6.07) is 6.22. The van der Waals surface area contributed by atoms with Gasteiger partial charge in [-0.15, -0.1) is 0 Å². The first-order chi connectivity index (χ1) is 9.16. The topological polar surface area (TPSA) is 78.4 Å².